The zero-order chi connectivity index (χ0) is 25.2. The highest BCUT2D eigenvalue weighted by molar-refractivity contribution is 6.30. The molecule has 7 heteroatoms. The second-order valence-electron chi connectivity index (χ2n) is 7.79. The highest BCUT2D eigenvalue weighted by Gasteiger charge is 2.06. The molecule has 0 fully saturated rings. The van der Waals surface area contributed by atoms with Crippen LogP contribution in [-0.4, -0.2) is 35.3 Å². The molecule has 4 aromatic rings. The Labute approximate surface area is 208 Å². The molecule has 0 saturated heterocycles. The molecule has 4 aromatic carbocycles. The topological polar surface area (TPSA) is 95.9 Å². The minimum atomic E-state index is -1.13. The molecule has 0 aliphatic rings. The number of aromatic carboxylic acids is 2. The highest BCUT2D eigenvalue weighted by Crippen LogP contribution is 2.23. The number of nitrogens with one attached hydrogen (secondary N) is 1. The summed E-state index contributed by atoms with van der Waals surface area (Å²) in [6.45, 7) is 3.67. The number of carboxylic acids is 2. The second kappa shape index (κ2) is 12.4. The molecule has 3 N–H and O–H groups in total. The first kappa shape index (κ1) is 25.6. The molecule has 6 nitrogen and oxygen atoms in total. The molecule has 0 heterocycles. The van der Waals surface area contributed by atoms with Crippen molar-refractivity contribution in [2.45, 2.75) is 13.3 Å². The number of benzene rings is 4. The normalized spacial score (nSPS) is 10.2. The highest BCUT2D eigenvalue weighted by atomic mass is 35.5. The van der Waals surface area contributed by atoms with Gasteiger partial charge < -0.3 is 20.3 Å². The Morgan fingerprint density at radius 1 is 0.857 bits per heavy atom. The summed E-state index contributed by atoms with van der Waals surface area (Å²) in [5.41, 5.74) is 2.29. The maximum atomic E-state index is 10.4. The molecule has 0 unspecified atom stereocenters. The van der Waals surface area contributed by atoms with Crippen LogP contribution in [0.2, 0.25) is 5.02 Å². The van der Waals surface area contributed by atoms with Crippen molar-refractivity contribution < 1.29 is 24.5 Å². The summed E-state index contributed by atoms with van der Waals surface area (Å²) < 4.78 is 5.85. The first-order valence-electron chi connectivity index (χ1n) is 11.0. The molecular formula is C28H26ClNO5. The third kappa shape index (κ3) is 7.76. The molecule has 0 radical (unpaired) electrons. The number of fused-ring (bicyclic) bond motifs is 1. The van der Waals surface area contributed by atoms with E-state index in [1.165, 1.54) is 34.5 Å². The Hall–Kier alpha value is -4.03. The van der Waals surface area contributed by atoms with E-state index in [1.54, 1.807) is 0 Å². The van der Waals surface area contributed by atoms with Crippen LogP contribution in [0, 0.1) is 6.92 Å². The van der Waals surface area contributed by atoms with E-state index in [0.29, 0.717) is 6.61 Å². The molecule has 0 amide bonds. The number of carboxylic acid groups (broad SMARTS) is 2. The summed E-state index contributed by atoms with van der Waals surface area (Å²) in [6, 6.07) is 25.6. The number of anilines is 1. The summed E-state index contributed by atoms with van der Waals surface area (Å²) >= 11 is 5.96. The molecule has 35 heavy (non-hydrogen) atoms. The summed E-state index contributed by atoms with van der Waals surface area (Å²) in [7, 11) is 0. The van der Waals surface area contributed by atoms with Crippen LogP contribution < -0.4 is 10.1 Å². The van der Waals surface area contributed by atoms with E-state index in [9.17, 15) is 9.59 Å². The molecule has 0 bridgehead atoms. The van der Waals surface area contributed by atoms with Crippen molar-refractivity contribution in [3.8, 4) is 5.75 Å². The minimum Gasteiger partial charge on any atom is -0.494 e. The lowest BCUT2D eigenvalue weighted by molar-refractivity contribution is 0.0696. The van der Waals surface area contributed by atoms with Gasteiger partial charge in [-0.2, -0.15) is 0 Å². The molecule has 0 aliphatic heterocycles. The fourth-order valence-corrected chi connectivity index (χ4v) is 3.58. The average molecular weight is 492 g/mol. The monoisotopic (exact) mass is 491 g/mol. The van der Waals surface area contributed by atoms with Crippen LogP contribution in [0.15, 0.2) is 84.9 Å². The third-order valence-electron chi connectivity index (χ3n) is 5.17. The van der Waals surface area contributed by atoms with E-state index in [2.05, 4.69) is 42.6 Å². The van der Waals surface area contributed by atoms with E-state index in [4.69, 9.17) is 26.6 Å². The van der Waals surface area contributed by atoms with E-state index in [-0.39, 0.29) is 11.1 Å². The van der Waals surface area contributed by atoms with Crippen molar-refractivity contribution in [1.29, 1.82) is 0 Å². The summed E-state index contributed by atoms with van der Waals surface area (Å²) in [5, 5.41) is 23.6. The predicted octanol–water partition coefficient (Wildman–Crippen LogP) is 6.77. The van der Waals surface area contributed by atoms with Gasteiger partial charge in [0, 0.05) is 17.3 Å². The van der Waals surface area contributed by atoms with E-state index >= 15 is 0 Å². The van der Waals surface area contributed by atoms with Gasteiger partial charge in [0.15, 0.2) is 0 Å². The van der Waals surface area contributed by atoms with Gasteiger partial charge in [-0.1, -0.05) is 48.0 Å². The van der Waals surface area contributed by atoms with Crippen molar-refractivity contribution in [1.82, 2.24) is 0 Å². The number of ether oxygens (including phenoxy) is 1. The quantitative estimate of drug-likeness (QED) is 0.235. The van der Waals surface area contributed by atoms with E-state index in [1.807, 2.05) is 30.3 Å². The van der Waals surface area contributed by atoms with Crippen LogP contribution in [0.3, 0.4) is 0 Å². The Morgan fingerprint density at radius 3 is 2.23 bits per heavy atom. The SMILES string of the molecule is Cc1cccc2cc(OCCCNc3cccc(Cl)c3)ccc12.O=C(O)c1cccc(C(=O)O)c1. The Balaban J connectivity index is 0.000000241. The van der Waals surface area contributed by atoms with Gasteiger partial charge in [0.05, 0.1) is 17.7 Å². The molecule has 0 spiro atoms. The number of halogens is 1. The largest absolute Gasteiger partial charge is 0.494 e. The standard InChI is InChI=1S/C20H20ClNO.C8H6O4/c1-15-5-2-6-16-13-19(9-10-20(15)16)23-12-4-11-22-18-8-3-7-17(21)14-18;9-7(10)5-2-1-3-6(4-5)8(11)12/h2-3,5-10,13-14,22H,4,11-12H2,1H3;1-4H,(H,9,10)(H,11,12). The van der Waals surface area contributed by atoms with Gasteiger partial charge in [0.2, 0.25) is 0 Å². The number of hydrogen-bond acceptors (Lipinski definition) is 4. The number of hydrogen-bond donors (Lipinski definition) is 3. The number of carbonyl (C=O) groups is 2. The van der Waals surface area contributed by atoms with Crippen molar-refractivity contribution in [2.24, 2.45) is 0 Å². The lowest BCUT2D eigenvalue weighted by Crippen LogP contribution is -2.07. The lowest BCUT2D eigenvalue weighted by atomic mass is 10.1. The zero-order valence-corrected chi connectivity index (χ0v) is 20.0. The molecule has 0 atom stereocenters. The maximum Gasteiger partial charge on any atom is 0.335 e. The van der Waals surface area contributed by atoms with Crippen LogP contribution in [0.4, 0.5) is 5.69 Å². The molecule has 0 saturated carbocycles. The molecular weight excluding hydrogens is 466 g/mol. The Bertz CT molecular complexity index is 1290. The van der Waals surface area contributed by atoms with Gasteiger partial charge in [-0.25, -0.2) is 9.59 Å². The van der Waals surface area contributed by atoms with Gasteiger partial charge in [0.1, 0.15) is 5.75 Å². The smallest absolute Gasteiger partial charge is 0.335 e. The molecule has 4 rings (SSSR count). The second-order valence-corrected chi connectivity index (χ2v) is 8.22. The fourth-order valence-electron chi connectivity index (χ4n) is 3.39. The van der Waals surface area contributed by atoms with Crippen molar-refractivity contribution in [3.63, 3.8) is 0 Å². The van der Waals surface area contributed by atoms with Crippen molar-refractivity contribution >= 4 is 40.0 Å². The van der Waals surface area contributed by atoms with Crippen LogP contribution in [0.1, 0.15) is 32.7 Å². The number of rotatable bonds is 8. The Morgan fingerprint density at radius 2 is 1.54 bits per heavy atom. The Kier molecular flexibility index (Phi) is 9.09. The summed E-state index contributed by atoms with van der Waals surface area (Å²) in [6.07, 6.45) is 0.929. The molecule has 0 aliphatic carbocycles. The maximum absolute atomic E-state index is 10.4. The van der Waals surface area contributed by atoms with Crippen LogP contribution in [0.25, 0.3) is 10.8 Å². The van der Waals surface area contributed by atoms with Gasteiger partial charge in [-0.15, -0.1) is 0 Å². The molecule has 180 valence electrons. The van der Waals surface area contributed by atoms with Crippen molar-refractivity contribution in [2.75, 3.05) is 18.5 Å². The van der Waals surface area contributed by atoms with Gasteiger partial charge in [-0.05, 0) is 78.2 Å². The predicted molar refractivity (Wildman–Crippen MR) is 139 cm³/mol. The summed E-state index contributed by atoms with van der Waals surface area (Å²) in [5.74, 6) is -1.33. The average Bonchev–Trinajstić information content (AvgIpc) is 2.84. The number of aryl methyl sites for hydroxylation is 1. The first-order chi connectivity index (χ1) is 16.8. The zero-order valence-electron chi connectivity index (χ0n) is 19.2. The van der Waals surface area contributed by atoms with Gasteiger partial charge in [-0.3, -0.25) is 0 Å². The third-order valence-corrected chi connectivity index (χ3v) is 5.41. The molecule has 0 aromatic heterocycles. The fraction of sp³-hybridized carbons (Fsp3) is 0.143. The van der Waals surface area contributed by atoms with E-state index < -0.39 is 11.9 Å². The first-order valence-corrected chi connectivity index (χ1v) is 11.4. The van der Waals surface area contributed by atoms with Gasteiger partial charge in [0.25, 0.3) is 0 Å². The van der Waals surface area contributed by atoms with Crippen molar-refractivity contribution in [3.05, 3.63) is 107 Å². The van der Waals surface area contributed by atoms with Crippen LogP contribution in [-0.2, 0) is 0 Å². The summed E-state index contributed by atoms with van der Waals surface area (Å²) in [4.78, 5) is 20.8. The minimum absolute atomic E-state index is 0.0186. The van der Waals surface area contributed by atoms with Gasteiger partial charge >= 0.3 is 11.9 Å². The van der Waals surface area contributed by atoms with Crippen LogP contribution in [0.5, 0.6) is 5.75 Å². The van der Waals surface area contributed by atoms with E-state index in [0.717, 1.165) is 35.5 Å². The van der Waals surface area contributed by atoms with Crippen LogP contribution >= 0.6 is 11.6 Å². The lowest BCUT2D eigenvalue weighted by Gasteiger charge is -2.10.